The summed E-state index contributed by atoms with van der Waals surface area (Å²) in [5.74, 6) is 0. The number of aromatic nitrogens is 2. The van der Waals surface area contributed by atoms with Crippen LogP contribution in [0.4, 0.5) is 0 Å². The Kier molecular flexibility index (Phi) is 5.11. The normalized spacial score (nSPS) is 11.7. The SMILES string of the molecule is CCNCc1cccc(S(=O)(=O)NCc2ccnn2C)c1. The van der Waals surface area contributed by atoms with Crippen LogP contribution in [-0.2, 0) is 30.2 Å². The summed E-state index contributed by atoms with van der Waals surface area (Å²) in [6.45, 7) is 3.73. The van der Waals surface area contributed by atoms with Gasteiger partial charge in [0.1, 0.15) is 0 Å². The zero-order chi connectivity index (χ0) is 15.3. The zero-order valence-electron chi connectivity index (χ0n) is 12.2. The second kappa shape index (κ2) is 6.84. The molecule has 0 aliphatic rings. The van der Waals surface area contributed by atoms with E-state index in [4.69, 9.17) is 0 Å². The maximum atomic E-state index is 12.3. The van der Waals surface area contributed by atoms with Crippen LogP contribution in [0.25, 0.3) is 0 Å². The van der Waals surface area contributed by atoms with E-state index in [1.165, 1.54) is 0 Å². The molecule has 7 heteroatoms. The molecule has 0 fully saturated rings. The molecule has 1 heterocycles. The van der Waals surface area contributed by atoms with Gasteiger partial charge in [0.15, 0.2) is 0 Å². The van der Waals surface area contributed by atoms with Gasteiger partial charge >= 0.3 is 0 Å². The number of rotatable bonds is 7. The van der Waals surface area contributed by atoms with Crippen molar-refractivity contribution in [2.75, 3.05) is 6.54 Å². The summed E-state index contributed by atoms with van der Waals surface area (Å²) in [4.78, 5) is 0.278. The van der Waals surface area contributed by atoms with Crippen LogP contribution in [0.15, 0.2) is 41.4 Å². The molecule has 21 heavy (non-hydrogen) atoms. The molecular weight excluding hydrogens is 288 g/mol. The quantitative estimate of drug-likeness (QED) is 0.800. The van der Waals surface area contributed by atoms with Gasteiger partial charge in [-0.1, -0.05) is 19.1 Å². The molecule has 0 aliphatic carbocycles. The maximum Gasteiger partial charge on any atom is 0.240 e. The van der Waals surface area contributed by atoms with Gasteiger partial charge in [-0.05, 0) is 30.3 Å². The number of sulfonamides is 1. The van der Waals surface area contributed by atoms with Gasteiger partial charge in [-0.15, -0.1) is 0 Å². The van der Waals surface area contributed by atoms with Gasteiger partial charge in [-0.3, -0.25) is 4.68 Å². The van der Waals surface area contributed by atoms with Crippen LogP contribution in [-0.4, -0.2) is 24.7 Å². The standard InChI is InChI=1S/C14H20N4O2S/c1-3-15-10-12-5-4-6-14(9-12)21(19,20)17-11-13-7-8-16-18(13)2/h4-9,15,17H,3,10-11H2,1-2H3. The van der Waals surface area contributed by atoms with Crippen LogP contribution in [0.2, 0.25) is 0 Å². The molecule has 114 valence electrons. The van der Waals surface area contributed by atoms with Crippen LogP contribution in [0.1, 0.15) is 18.2 Å². The van der Waals surface area contributed by atoms with E-state index in [9.17, 15) is 8.42 Å². The molecular formula is C14H20N4O2S. The minimum absolute atomic E-state index is 0.219. The molecule has 0 radical (unpaired) electrons. The monoisotopic (exact) mass is 308 g/mol. The lowest BCUT2D eigenvalue weighted by molar-refractivity contribution is 0.577. The Morgan fingerprint density at radius 2 is 2.05 bits per heavy atom. The van der Waals surface area contributed by atoms with Crippen LogP contribution >= 0.6 is 0 Å². The lowest BCUT2D eigenvalue weighted by Gasteiger charge is -2.09. The van der Waals surface area contributed by atoms with Crippen LogP contribution < -0.4 is 10.0 Å². The predicted octanol–water partition coefficient (Wildman–Crippen LogP) is 1.01. The van der Waals surface area contributed by atoms with Gasteiger partial charge in [0, 0.05) is 19.8 Å². The first-order valence-electron chi connectivity index (χ1n) is 6.79. The molecule has 2 rings (SSSR count). The molecule has 0 bridgehead atoms. The summed E-state index contributed by atoms with van der Waals surface area (Å²) < 4.78 is 28.8. The van der Waals surface area contributed by atoms with E-state index < -0.39 is 10.0 Å². The molecule has 0 spiro atoms. The van der Waals surface area contributed by atoms with Crippen molar-refractivity contribution in [1.29, 1.82) is 0 Å². The summed E-state index contributed by atoms with van der Waals surface area (Å²) in [5, 5.41) is 7.19. The first-order valence-corrected chi connectivity index (χ1v) is 8.27. The zero-order valence-corrected chi connectivity index (χ0v) is 13.0. The highest BCUT2D eigenvalue weighted by Gasteiger charge is 2.14. The lowest BCUT2D eigenvalue weighted by atomic mass is 10.2. The average Bonchev–Trinajstić information content (AvgIpc) is 2.89. The van der Waals surface area contributed by atoms with Crippen molar-refractivity contribution in [3.8, 4) is 0 Å². The van der Waals surface area contributed by atoms with Crippen molar-refractivity contribution < 1.29 is 8.42 Å². The largest absolute Gasteiger partial charge is 0.313 e. The predicted molar refractivity (Wildman–Crippen MR) is 81.1 cm³/mol. The van der Waals surface area contributed by atoms with E-state index in [1.54, 1.807) is 42.2 Å². The lowest BCUT2D eigenvalue weighted by Crippen LogP contribution is -2.24. The van der Waals surface area contributed by atoms with Crippen LogP contribution in [0, 0.1) is 0 Å². The van der Waals surface area contributed by atoms with E-state index in [2.05, 4.69) is 15.1 Å². The number of nitrogens with one attached hydrogen (secondary N) is 2. The van der Waals surface area contributed by atoms with Crippen LogP contribution in [0.3, 0.4) is 0 Å². The third kappa shape index (κ3) is 4.13. The molecule has 1 aromatic carbocycles. The van der Waals surface area contributed by atoms with Crippen molar-refractivity contribution >= 4 is 10.0 Å². The summed E-state index contributed by atoms with van der Waals surface area (Å²) in [6.07, 6.45) is 1.64. The van der Waals surface area contributed by atoms with Crippen LogP contribution in [0.5, 0.6) is 0 Å². The van der Waals surface area contributed by atoms with Gasteiger partial charge < -0.3 is 5.32 Å². The maximum absolute atomic E-state index is 12.3. The molecule has 0 unspecified atom stereocenters. The van der Waals surface area contributed by atoms with Crippen molar-refractivity contribution in [3.05, 3.63) is 47.8 Å². The summed E-state index contributed by atoms with van der Waals surface area (Å²) in [5.41, 5.74) is 1.75. The summed E-state index contributed by atoms with van der Waals surface area (Å²) in [7, 11) is -1.74. The number of aryl methyl sites for hydroxylation is 1. The minimum atomic E-state index is -3.52. The molecule has 0 atom stereocenters. The Balaban J connectivity index is 2.10. The number of benzene rings is 1. The van der Waals surface area contributed by atoms with E-state index in [1.807, 2.05) is 13.0 Å². The molecule has 2 N–H and O–H groups in total. The van der Waals surface area contributed by atoms with E-state index in [-0.39, 0.29) is 11.4 Å². The Morgan fingerprint density at radius 3 is 2.71 bits per heavy atom. The number of nitrogens with zero attached hydrogens (tertiary/aromatic N) is 2. The summed E-state index contributed by atoms with van der Waals surface area (Å²) >= 11 is 0. The first-order chi connectivity index (χ1) is 10.0. The number of hydrogen-bond donors (Lipinski definition) is 2. The molecule has 0 saturated carbocycles. The number of hydrogen-bond acceptors (Lipinski definition) is 4. The smallest absolute Gasteiger partial charge is 0.240 e. The molecule has 6 nitrogen and oxygen atoms in total. The summed E-state index contributed by atoms with van der Waals surface area (Å²) in [6, 6.07) is 8.73. The second-order valence-corrected chi connectivity index (χ2v) is 6.47. The molecule has 2 aromatic rings. The van der Waals surface area contributed by atoms with Crippen molar-refractivity contribution in [1.82, 2.24) is 19.8 Å². The molecule has 0 amide bonds. The Morgan fingerprint density at radius 1 is 1.24 bits per heavy atom. The Labute approximate surface area is 125 Å². The van der Waals surface area contributed by atoms with Gasteiger partial charge in [-0.25, -0.2) is 13.1 Å². The average molecular weight is 308 g/mol. The van der Waals surface area contributed by atoms with Crippen molar-refractivity contribution in [3.63, 3.8) is 0 Å². The highest BCUT2D eigenvalue weighted by Crippen LogP contribution is 2.12. The minimum Gasteiger partial charge on any atom is -0.313 e. The van der Waals surface area contributed by atoms with Crippen molar-refractivity contribution in [2.45, 2.75) is 24.9 Å². The fourth-order valence-electron chi connectivity index (χ4n) is 1.92. The third-order valence-electron chi connectivity index (χ3n) is 3.15. The van der Waals surface area contributed by atoms with Gasteiger partial charge in [0.05, 0.1) is 17.1 Å². The second-order valence-electron chi connectivity index (χ2n) is 4.70. The van der Waals surface area contributed by atoms with E-state index >= 15 is 0 Å². The molecule has 1 aromatic heterocycles. The Hall–Kier alpha value is -1.70. The highest BCUT2D eigenvalue weighted by atomic mass is 32.2. The van der Waals surface area contributed by atoms with E-state index in [0.717, 1.165) is 17.8 Å². The van der Waals surface area contributed by atoms with Crippen molar-refractivity contribution in [2.24, 2.45) is 7.05 Å². The molecule has 0 saturated heterocycles. The third-order valence-corrected chi connectivity index (χ3v) is 4.55. The Bertz CT molecular complexity index is 695. The fourth-order valence-corrected chi connectivity index (χ4v) is 2.99. The van der Waals surface area contributed by atoms with Gasteiger partial charge in [-0.2, -0.15) is 5.10 Å². The fraction of sp³-hybridized carbons (Fsp3) is 0.357. The van der Waals surface area contributed by atoms with Gasteiger partial charge in [0.2, 0.25) is 10.0 Å². The van der Waals surface area contributed by atoms with E-state index in [0.29, 0.717) is 6.54 Å². The topological polar surface area (TPSA) is 76.0 Å². The highest BCUT2D eigenvalue weighted by molar-refractivity contribution is 7.89. The molecule has 0 aliphatic heterocycles. The first kappa shape index (κ1) is 15.7. The van der Waals surface area contributed by atoms with Gasteiger partial charge in [0.25, 0.3) is 0 Å².